The second-order valence-electron chi connectivity index (χ2n) is 5.26. The van der Waals surface area contributed by atoms with Crippen molar-refractivity contribution < 1.29 is 9.47 Å². The zero-order valence-corrected chi connectivity index (χ0v) is 12.2. The van der Waals surface area contributed by atoms with Gasteiger partial charge in [0.05, 0.1) is 13.2 Å². The second-order valence-corrected chi connectivity index (χ2v) is 5.26. The molecule has 0 amide bonds. The molecule has 19 heavy (non-hydrogen) atoms. The van der Waals surface area contributed by atoms with Crippen LogP contribution in [0.5, 0.6) is 0 Å². The molecular weight excluding hydrogens is 238 g/mol. The van der Waals surface area contributed by atoms with Crippen molar-refractivity contribution in [2.45, 2.75) is 45.9 Å². The Balaban J connectivity index is 2.08. The monoisotopic (exact) mass is 263 g/mol. The molecule has 0 radical (unpaired) electrons. The summed E-state index contributed by atoms with van der Waals surface area (Å²) in [6.07, 6.45) is 1.95. The second kappa shape index (κ2) is 7.04. The van der Waals surface area contributed by atoms with Gasteiger partial charge in [-0.05, 0) is 43.5 Å². The quantitative estimate of drug-likeness (QED) is 0.855. The molecule has 1 aromatic rings. The first-order valence-electron chi connectivity index (χ1n) is 7.24. The minimum Gasteiger partial charge on any atom is -0.350 e. The van der Waals surface area contributed by atoms with E-state index in [1.807, 2.05) is 0 Å². The number of rotatable bonds is 6. The van der Waals surface area contributed by atoms with Crippen LogP contribution in [0, 0.1) is 13.8 Å². The van der Waals surface area contributed by atoms with Gasteiger partial charge in [-0.1, -0.05) is 25.1 Å². The van der Waals surface area contributed by atoms with E-state index in [-0.39, 0.29) is 6.29 Å². The van der Waals surface area contributed by atoms with Crippen molar-refractivity contribution >= 4 is 0 Å². The Morgan fingerprint density at radius 1 is 1.21 bits per heavy atom. The third-order valence-corrected chi connectivity index (χ3v) is 3.69. The summed E-state index contributed by atoms with van der Waals surface area (Å²) < 4.78 is 11.2. The molecule has 3 heteroatoms. The fourth-order valence-corrected chi connectivity index (χ4v) is 2.37. The van der Waals surface area contributed by atoms with Crippen LogP contribution in [-0.4, -0.2) is 26.0 Å². The molecule has 1 heterocycles. The van der Waals surface area contributed by atoms with Crippen LogP contribution in [0.3, 0.4) is 0 Å². The lowest BCUT2D eigenvalue weighted by atomic mass is 9.98. The molecule has 106 valence electrons. The maximum absolute atomic E-state index is 5.58. The molecule has 0 aliphatic carbocycles. The average Bonchev–Trinajstić information content (AvgIpc) is 2.91. The Bertz CT molecular complexity index is 400. The van der Waals surface area contributed by atoms with Crippen LogP contribution < -0.4 is 5.32 Å². The Hall–Kier alpha value is -0.900. The molecule has 3 nitrogen and oxygen atoms in total. The number of hydrogen-bond donors (Lipinski definition) is 1. The number of ether oxygens (including phenoxy) is 2. The topological polar surface area (TPSA) is 30.5 Å². The average molecular weight is 263 g/mol. The minimum atomic E-state index is -0.0593. The third-order valence-electron chi connectivity index (χ3n) is 3.69. The summed E-state index contributed by atoms with van der Waals surface area (Å²) in [7, 11) is 0. The fourth-order valence-electron chi connectivity index (χ4n) is 2.37. The summed E-state index contributed by atoms with van der Waals surface area (Å²) in [6, 6.07) is 6.99. The number of benzene rings is 1. The van der Waals surface area contributed by atoms with Crippen LogP contribution in [-0.2, 0) is 9.47 Å². The molecule has 1 aliphatic heterocycles. The van der Waals surface area contributed by atoms with Gasteiger partial charge in [0.25, 0.3) is 0 Å². The first-order valence-corrected chi connectivity index (χ1v) is 7.24. The normalized spacial score (nSPS) is 17.8. The third kappa shape index (κ3) is 4.03. The summed E-state index contributed by atoms with van der Waals surface area (Å²) in [4.78, 5) is 0. The molecular formula is C16H25NO2. The van der Waals surface area contributed by atoms with Gasteiger partial charge in [0.2, 0.25) is 0 Å². The first-order chi connectivity index (χ1) is 9.20. The maximum atomic E-state index is 5.58. The van der Waals surface area contributed by atoms with Crippen molar-refractivity contribution in [3.63, 3.8) is 0 Å². The van der Waals surface area contributed by atoms with E-state index in [2.05, 4.69) is 44.3 Å². The minimum absolute atomic E-state index is 0.0593. The van der Waals surface area contributed by atoms with Gasteiger partial charge < -0.3 is 14.8 Å². The molecule has 0 bridgehead atoms. The summed E-state index contributed by atoms with van der Waals surface area (Å²) in [5.41, 5.74) is 4.01. The van der Waals surface area contributed by atoms with Gasteiger partial charge in [0.1, 0.15) is 0 Å². The molecule has 1 aromatic carbocycles. The van der Waals surface area contributed by atoms with E-state index in [0.717, 1.165) is 32.6 Å². The Kier molecular flexibility index (Phi) is 5.37. The van der Waals surface area contributed by atoms with Gasteiger partial charge in [-0.3, -0.25) is 0 Å². The van der Waals surface area contributed by atoms with Gasteiger partial charge >= 0.3 is 0 Å². The summed E-state index contributed by atoms with van der Waals surface area (Å²) in [5.74, 6) is 0. The van der Waals surface area contributed by atoms with E-state index in [9.17, 15) is 0 Å². The lowest BCUT2D eigenvalue weighted by Crippen LogP contribution is -2.26. The van der Waals surface area contributed by atoms with E-state index >= 15 is 0 Å². The summed E-state index contributed by atoms with van der Waals surface area (Å²) in [6.45, 7) is 8.96. The highest BCUT2D eigenvalue weighted by atomic mass is 16.7. The van der Waals surface area contributed by atoms with Gasteiger partial charge in [0, 0.05) is 12.5 Å². The van der Waals surface area contributed by atoms with E-state index < -0.39 is 0 Å². The van der Waals surface area contributed by atoms with Gasteiger partial charge in [-0.15, -0.1) is 0 Å². The molecule has 1 N–H and O–H groups in total. The molecule has 1 unspecified atom stereocenters. The molecule has 2 rings (SSSR count). The van der Waals surface area contributed by atoms with Crippen molar-refractivity contribution in [2.75, 3.05) is 19.8 Å². The van der Waals surface area contributed by atoms with Crippen LogP contribution in [0.4, 0.5) is 0 Å². The molecule has 1 aliphatic rings. The Labute approximate surface area is 116 Å². The van der Waals surface area contributed by atoms with Gasteiger partial charge in [-0.2, -0.15) is 0 Å². The lowest BCUT2D eigenvalue weighted by Gasteiger charge is -2.22. The highest BCUT2D eigenvalue weighted by Crippen LogP contribution is 2.24. The highest BCUT2D eigenvalue weighted by molar-refractivity contribution is 5.31. The van der Waals surface area contributed by atoms with Crippen molar-refractivity contribution in [3.8, 4) is 0 Å². The van der Waals surface area contributed by atoms with Crippen LogP contribution in [0.2, 0.25) is 0 Å². The van der Waals surface area contributed by atoms with E-state index in [0.29, 0.717) is 6.04 Å². The number of aryl methyl sites for hydroxylation is 2. The van der Waals surface area contributed by atoms with Crippen LogP contribution in [0.25, 0.3) is 0 Å². The predicted octanol–water partition coefficient (Wildman–Crippen LogP) is 3.11. The van der Waals surface area contributed by atoms with Crippen molar-refractivity contribution in [1.82, 2.24) is 5.32 Å². The zero-order valence-electron chi connectivity index (χ0n) is 12.2. The zero-order chi connectivity index (χ0) is 13.7. The van der Waals surface area contributed by atoms with Crippen molar-refractivity contribution in [1.29, 1.82) is 0 Å². The van der Waals surface area contributed by atoms with E-state index in [1.165, 1.54) is 16.7 Å². The molecule has 0 aromatic heterocycles. The molecule has 0 saturated carbocycles. The molecule has 0 spiro atoms. The largest absolute Gasteiger partial charge is 0.350 e. The summed E-state index contributed by atoms with van der Waals surface area (Å²) in [5, 5.41) is 3.60. The van der Waals surface area contributed by atoms with Crippen molar-refractivity contribution in [3.05, 3.63) is 34.9 Å². The lowest BCUT2D eigenvalue weighted by molar-refractivity contribution is -0.0530. The van der Waals surface area contributed by atoms with Gasteiger partial charge in [0.15, 0.2) is 6.29 Å². The van der Waals surface area contributed by atoms with Crippen LogP contribution >= 0.6 is 0 Å². The standard InChI is InChI=1S/C16H25NO2/c1-4-7-17-15(11-16-18-8-9-19-16)14-6-5-12(2)13(3)10-14/h5-6,10,15-17H,4,7-9,11H2,1-3H3. The maximum Gasteiger partial charge on any atom is 0.159 e. The van der Waals surface area contributed by atoms with Crippen LogP contribution in [0.15, 0.2) is 18.2 Å². The smallest absolute Gasteiger partial charge is 0.159 e. The predicted molar refractivity (Wildman–Crippen MR) is 77.3 cm³/mol. The summed E-state index contributed by atoms with van der Waals surface area (Å²) >= 11 is 0. The molecule has 1 saturated heterocycles. The Morgan fingerprint density at radius 2 is 1.95 bits per heavy atom. The fraction of sp³-hybridized carbons (Fsp3) is 0.625. The number of nitrogens with one attached hydrogen (secondary N) is 1. The SMILES string of the molecule is CCCNC(CC1OCCO1)c1ccc(C)c(C)c1. The van der Waals surface area contributed by atoms with Gasteiger partial charge in [-0.25, -0.2) is 0 Å². The van der Waals surface area contributed by atoms with Crippen LogP contribution in [0.1, 0.15) is 42.5 Å². The van der Waals surface area contributed by atoms with E-state index in [1.54, 1.807) is 0 Å². The van der Waals surface area contributed by atoms with Crippen molar-refractivity contribution in [2.24, 2.45) is 0 Å². The molecule has 1 atom stereocenters. The highest BCUT2D eigenvalue weighted by Gasteiger charge is 2.22. The van der Waals surface area contributed by atoms with E-state index in [4.69, 9.17) is 9.47 Å². The Morgan fingerprint density at radius 3 is 2.58 bits per heavy atom. The number of hydrogen-bond acceptors (Lipinski definition) is 3. The first kappa shape index (κ1) is 14.5. The molecule has 1 fully saturated rings.